The second kappa shape index (κ2) is 10.2. The van der Waals surface area contributed by atoms with E-state index in [4.69, 9.17) is 10.5 Å². The van der Waals surface area contributed by atoms with E-state index in [1.807, 2.05) is 31.2 Å². The number of aryl methyl sites for hydroxylation is 1. The molecule has 0 aliphatic rings. The van der Waals surface area contributed by atoms with Gasteiger partial charge in [0.15, 0.2) is 0 Å². The number of pyridine rings is 1. The number of primary amides is 1. The molecule has 0 aliphatic carbocycles. The van der Waals surface area contributed by atoms with Gasteiger partial charge in [0.1, 0.15) is 5.75 Å². The number of amides is 3. The van der Waals surface area contributed by atoms with E-state index in [0.29, 0.717) is 22.9 Å². The Morgan fingerprint density at radius 1 is 1.06 bits per heavy atom. The molecule has 1 aromatic heterocycles. The van der Waals surface area contributed by atoms with E-state index < -0.39 is 11.9 Å². The smallest absolute Gasteiger partial charge is 0.248 e. The van der Waals surface area contributed by atoms with Crippen LogP contribution in [0.25, 0.3) is 0 Å². The van der Waals surface area contributed by atoms with Crippen LogP contribution in [0.5, 0.6) is 11.6 Å². The van der Waals surface area contributed by atoms with Crippen LogP contribution < -0.4 is 21.1 Å². The summed E-state index contributed by atoms with van der Waals surface area (Å²) >= 11 is 0. The van der Waals surface area contributed by atoms with E-state index in [9.17, 15) is 14.4 Å². The van der Waals surface area contributed by atoms with Crippen LogP contribution in [0.1, 0.15) is 40.9 Å². The lowest BCUT2D eigenvalue weighted by atomic mass is 10.0. The molecular weight excluding hydrogens is 408 g/mol. The number of rotatable bonds is 8. The van der Waals surface area contributed by atoms with E-state index in [1.165, 1.54) is 19.2 Å². The predicted molar refractivity (Wildman–Crippen MR) is 120 cm³/mol. The van der Waals surface area contributed by atoms with Gasteiger partial charge in [0.2, 0.25) is 23.6 Å². The van der Waals surface area contributed by atoms with Crippen LogP contribution >= 0.6 is 0 Å². The number of benzene rings is 2. The largest absolute Gasteiger partial charge is 0.439 e. The fraction of sp³-hybridized carbons (Fsp3) is 0.167. The first-order chi connectivity index (χ1) is 15.3. The first-order valence-electron chi connectivity index (χ1n) is 9.97. The number of carbonyl (C=O) groups excluding carboxylic acids is 3. The lowest BCUT2D eigenvalue weighted by Gasteiger charge is -2.18. The van der Waals surface area contributed by atoms with Gasteiger partial charge in [-0.25, -0.2) is 4.98 Å². The number of aromatic nitrogens is 1. The number of anilines is 1. The Balaban J connectivity index is 1.63. The lowest BCUT2D eigenvalue weighted by Crippen LogP contribution is -2.29. The molecule has 32 heavy (non-hydrogen) atoms. The second-order valence-electron chi connectivity index (χ2n) is 7.30. The molecule has 8 nitrogen and oxygen atoms in total. The lowest BCUT2D eigenvalue weighted by molar-refractivity contribution is -0.120. The monoisotopic (exact) mass is 432 g/mol. The first kappa shape index (κ1) is 22.5. The fourth-order valence-corrected chi connectivity index (χ4v) is 3.04. The normalized spacial score (nSPS) is 11.3. The van der Waals surface area contributed by atoms with Gasteiger partial charge >= 0.3 is 0 Å². The Hall–Kier alpha value is -4.20. The van der Waals surface area contributed by atoms with E-state index in [1.54, 1.807) is 30.3 Å². The molecule has 4 N–H and O–H groups in total. The van der Waals surface area contributed by atoms with Crippen molar-refractivity contribution in [2.75, 3.05) is 5.32 Å². The number of nitrogens with one attached hydrogen (secondary N) is 2. The number of ether oxygens (including phenoxy) is 1. The molecular formula is C24H24N4O4. The van der Waals surface area contributed by atoms with Gasteiger partial charge in [0.25, 0.3) is 0 Å². The maximum absolute atomic E-state index is 12.6. The van der Waals surface area contributed by atoms with Crippen molar-refractivity contribution in [3.8, 4) is 11.6 Å². The van der Waals surface area contributed by atoms with Gasteiger partial charge < -0.3 is 21.1 Å². The Morgan fingerprint density at radius 3 is 2.44 bits per heavy atom. The Labute approximate surface area is 185 Å². The summed E-state index contributed by atoms with van der Waals surface area (Å²) in [5.41, 5.74) is 8.03. The summed E-state index contributed by atoms with van der Waals surface area (Å²) in [7, 11) is 0. The SMILES string of the molecule is CC(=O)NC(CC(=O)Nc1ccc(Oc2cccc(C(N)=O)c2)nc1)c1ccc(C)cc1. The Morgan fingerprint density at radius 2 is 1.81 bits per heavy atom. The molecule has 3 amide bonds. The molecule has 3 rings (SSSR count). The van der Waals surface area contributed by atoms with Crippen LogP contribution in [0.15, 0.2) is 66.9 Å². The van der Waals surface area contributed by atoms with Gasteiger partial charge in [-0.3, -0.25) is 14.4 Å². The highest BCUT2D eigenvalue weighted by Crippen LogP contribution is 2.22. The van der Waals surface area contributed by atoms with Crippen molar-refractivity contribution < 1.29 is 19.1 Å². The molecule has 0 aliphatic heterocycles. The fourth-order valence-electron chi connectivity index (χ4n) is 3.04. The highest BCUT2D eigenvalue weighted by atomic mass is 16.5. The third-order valence-corrected chi connectivity index (χ3v) is 4.61. The van der Waals surface area contributed by atoms with Gasteiger partial charge in [0, 0.05) is 18.6 Å². The predicted octanol–water partition coefficient (Wildman–Crippen LogP) is 3.49. The van der Waals surface area contributed by atoms with Crippen molar-refractivity contribution in [1.82, 2.24) is 10.3 Å². The summed E-state index contributed by atoms with van der Waals surface area (Å²) in [6.07, 6.45) is 1.53. The van der Waals surface area contributed by atoms with Gasteiger partial charge in [-0.2, -0.15) is 0 Å². The zero-order valence-corrected chi connectivity index (χ0v) is 17.8. The number of nitrogens with two attached hydrogens (primary N) is 1. The summed E-state index contributed by atoms with van der Waals surface area (Å²) in [6.45, 7) is 3.39. The van der Waals surface area contributed by atoms with E-state index in [0.717, 1.165) is 11.1 Å². The zero-order valence-electron chi connectivity index (χ0n) is 17.8. The third kappa shape index (κ3) is 6.40. The van der Waals surface area contributed by atoms with Crippen LogP contribution in [0, 0.1) is 6.92 Å². The highest BCUT2D eigenvalue weighted by Gasteiger charge is 2.17. The zero-order chi connectivity index (χ0) is 23.1. The Bertz CT molecular complexity index is 1110. The molecule has 0 saturated heterocycles. The molecule has 3 aromatic rings. The molecule has 1 unspecified atom stereocenters. The number of carbonyl (C=O) groups is 3. The summed E-state index contributed by atoms with van der Waals surface area (Å²) in [6, 6.07) is 16.9. The minimum atomic E-state index is -0.551. The van der Waals surface area contributed by atoms with Gasteiger partial charge in [-0.05, 0) is 36.8 Å². The molecule has 0 radical (unpaired) electrons. The Kier molecular flexibility index (Phi) is 7.17. The highest BCUT2D eigenvalue weighted by molar-refractivity contribution is 5.93. The summed E-state index contributed by atoms with van der Waals surface area (Å²) in [4.78, 5) is 39.6. The van der Waals surface area contributed by atoms with Crippen molar-refractivity contribution >= 4 is 23.4 Å². The molecule has 0 spiro atoms. The molecule has 8 heteroatoms. The van der Waals surface area contributed by atoms with Crippen LogP contribution in [-0.2, 0) is 9.59 Å². The van der Waals surface area contributed by atoms with Gasteiger partial charge in [-0.15, -0.1) is 0 Å². The molecule has 1 heterocycles. The summed E-state index contributed by atoms with van der Waals surface area (Å²) in [5, 5.41) is 5.59. The topological polar surface area (TPSA) is 123 Å². The van der Waals surface area contributed by atoms with Crippen molar-refractivity contribution in [2.45, 2.75) is 26.3 Å². The molecule has 2 aromatic carbocycles. The second-order valence-corrected chi connectivity index (χ2v) is 7.30. The van der Waals surface area contributed by atoms with E-state index in [2.05, 4.69) is 15.6 Å². The number of hydrogen-bond acceptors (Lipinski definition) is 5. The quantitative estimate of drug-likeness (QED) is 0.503. The number of hydrogen-bond donors (Lipinski definition) is 3. The minimum Gasteiger partial charge on any atom is -0.439 e. The van der Waals surface area contributed by atoms with E-state index in [-0.39, 0.29) is 18.2 Å². The van der Waals surface area contributed by atoms with Crippen LogP contribution in [0.3, 0.4) is 0 Å². The summed E-state index contributed by atoms with van der Waals surface area (Å²) in [5.74, 6) is -0.326. The molecule has 164 valence electrons. The third-order valence-electron chi connectivity index (χ3n) is 4.61. The van der Waals surface area contributed by atoms with Gasteiger partial charge in [0.05, 0.1) is 24.3 Å². The van der Waals surface area contributed by atoms with Crippen LogP contribution in [0.2, 0.25) is 0 Å². The van der Waals surface area contributed by atoms with Crippen LogP contribution in [-0.4, -0.2) is 22.7 Å². The molecule has 0 fully saturated rings. The van der Waals surface area contributed by atoms with Crippen LogP contribution in [0.4, 0.5) is 5.69 Å². The average molecular weight is 432 g/mol. The maximum Gasteiger partial charge on any atom is 0.248 e. The van der Waals surface area contributed by atoms with Crippen molar-refractivity contribution in [3.05, 3.63) is 83.6 Å². The standard InChI is InChI=1S/C24H24N4O4/c1-15-6-8-17(9-7-15)21(27-16(2)29)13-22(30)28-19-10-11-23(26-14-19)32-20-5-3-4-18(12-20)24(25)31/h3-12,14,21H,13H2,1-2H3,(H2,25,31)(H,27,29)(H,28,30). The molecule has 1 atom stereocenters. The van der Waals surface area contributed by atoms with Crippen molar-refractivity contribution in [2.24, 2.45) is 5.73 Å². The van der Waals surface area contributed by atoms with Crippen molar-refractivity contribution in [3.63, 3.8) is 0 Å². The maximum atomic E-state index is 12.6. The van der Waals surface area contributed by atoms with E-state index >= 15 is 0 Å². The average Bonchev–Trinajstić information content (AvgIpc) is 2.75. The summed E-state index contributed by atoms with van der Waals surface area (Å²) < 4.78 is 5.63. The molecule has 0 bridgehead atoms. The number of nitrogens with zero attached hydrogens (tertiary/aromatic N) is 1. The minimum absolute atomic E-state index is 0.0702. The van der Waals surface area contributed by atoms with Crippen molar-refractivity contribution in [1.29, 1.82) is 0 Å². The van der Waals surface area contributed by atoms with Gasteiger partial charge in [-0.1, -0.05) is 35.9 Å². The first-order valence-corrected chi connectivity index (χ1v) is 9.97. The molecule has 0 saturated carbocycles.